The molecule has 1 heteroatoms. The fourth-order valence-electron chi connectivity index (χ4n) is 1.53. The maximum absolute atomic E-state index is 10.6. The summed E-state index contributed by atoms with van der Waals surface area (Å²) in [6, 6.07) is 0. The molecule has 1 fully saturated rings. The van der Waals surface area contributed by atoms with Gasteiger partial charge < -0.3 is 4.79 Å². The van der Waals surface area contributed by atoms with Gasteiger partial charge in [0.1, 0.15) is 6.29 Å². The summed E-state index contributed by atoms with van der Waals surface area (Å²) in [6.45, 7) is 3.48. The first-order valence-electron chi connectivity index (χ1n) is 3.66. The summed E-state index contributed by atoms with van der Waals surface area (Å²) in [5, 5.41) is 0. The van der Waals surface area contributed by atoms with Gasteiger partial charge in [-0.15, -0.1) is 5.73 Å². The van der Waals surface area contributed by atoms with Gasteiger partial charge in [0.05, 0.1) is 5.41 Å². The molecule has 0 amide bonds. The Bertz CT molecular complexity index is 169. The highest BCUT2D eigenvalue weighted by molar-refractivity contribution is 5.63. The van der Waals surface area contributed by atoms with E-state index in [1.54, 1.807) is 0 Å². The number of aldehydes is 1. The van der Waals surface area contributed by atoms with Gasteiger partial charge in [-0.3, -0.25) is 0 Å². The second-order valence-electron chi connectivity index (χ2n) is 2.91. The minimum atomic E-state index is -0.193. The number of rotatable bonds is 2. The third kappa shape index (κ3) is 1.19. The van der Waals surface area contributed by atoms with Crippen LogP contribution in [-0.2, 0) is 4.79 Å². The van der Waals surface area contributed by atoms with Crippen molar-refractivity contribution in [3.8, 4) is 0 Å². The number of hydrogen-bond acceptors (Lipinski definition) is 1. The highest BCUT2D eigenvalue weighted by Gasteiger charge is 2.30. The van der Waals surface area contributed by atoms with Crippen LogP contribution in [-0.4, -0.2) is 6.29 Å². The van der Waals surface area contributed by atoms with Gasteiger partial charge in [0.2, 0.25) is 0 Å². The molecule has 0 spiro atoms. The molecule has 0 N–H and O–H groups in total. The molecule has 0 radical (unpaired) electrons. The van der Waals surface area contributed by atoms with Crippen LogP contribution >= 0.6 is 0 Å². The molecule has 0 unspecified atom stereocenters. The van der Waals surface area contributed by atoms with E-state index in [4.69, 9.17) is 0 Å². The minimum Gasteiger partial charge on any atom is -0.302 e. The van der Waals surface area contributed by atoms with Gasteiger partial charge in [-0.25, -0.2) is 0 Å². The Kier molecular flexibility index (Phi) is 2.08. The van der Waals surface area contributed by atoms with Crippen LogP contribution in [0.2, 0.25) is 0 Å². The van der Waals surface area contributed by atoms with Crippen LogP contribution in [0.4, 0.5) is 0 Å². The zero-order valence-electron chi connectivity index (χ0n) is 6.10. The molecule has 0 atom stereocenters. The number of hydrogen-bond donors (Lipinski definition) is 0. The van der Waals surface area contributed by atoms with E-state index in [0.29, 0.717) is 0 Å². The van der Waals surface area contributed by atoms with Crippen molar-refractivity contribution in [2.45, 2.75) is 25.7 Å². The standard InChI is InChI=1S/C9H12O/c1-2-5-9(8-10)6-3-4-7-9/h5,8H,1,3-4,6-7H2. The first-order valence-corrected chi connectivity index (χ1v) is 3.66. The normalized spacial score (nSPS) is 21.6. The summed E-state index contributed by atoms with van der Waals surface area (Å²) >= 11 is 0. The van der Waals surface area contributed by atoms with E-state index in [9.17, 15) is 4.79 Å². The Morgan fingerprint density at radius 3 is 2.40 bits per heavy atom. The Balaban J connectivity index is 2.76. The first kappa shape index (κ1) is 7.30. The van der Waals surface area contributed by atoms with Crippen molar-refractivity contribution in [2.24, 2.45) is 5.41 Å². The van der Waals surface area contributed by atoms with Crippen LogP contribution in [0.3, 0.4) is 0 Å². The molecule has 1 aliphatic carbocycles. The monoisotopic (exact) mass is 136 g/mol. The average Bonchev–Trinajstić information content (AvgIpc) is 2.39. The summed E-state index contributed by atoms with van der Waals surface area (Å²) in [7, 11) is 0. The van der Waals surface area contributed by atoms with E-state index < -0.39 is 0 Å². The Labute approximate surface area is 61.4 Å². The Morgan fingerprint density at radius 2 is 2.00 bits per heavy atom. The molecule has 1 nitrogen and oxygen atoms in total. The van der Waals surface area contributed by atoms with Crippen LogP contribution in [0.1, 0.15) is 25.7 Å². The summed E-state index contributed by atoms with van der Waals surface area (Å²) in [5.41, 5.74) is 2.50. The molecule has 0 aromatic heterocycles. The number of carbonyl (C=O) groups excluding carboxylic acids is 1. The average molecular weight is 136 g/mol. The van der Waals surface area contributed by atoms with E-state index in [1.165, 1.54) is 0 Å². The van der Waals surface area contributed by atoms with E-state index in [0.717, 1.165) is 32.0 Å². The zero-order chi connectivity index (χ0) is 7.45. The lowest BCUT2D eigenvalue weighted by atomic mass is 9.88. The van der Waals surface area contributed by atoms with Gasteiger partial charge in [0.15, 0.2) is 0 Å². The maximum atomic E-state index is 10.6. The molecule has 54 valence electrons. The quantitative estimate of drug-likeness (QED) is 0.419. The van der Waals surface area contributed by atoms with Gasteiger partial charge in [-0.1, -0.05) is 19.4 Å². The van der Waals surface area contributed by atoms with Crippen molar-refractivity contribution < 1.29 is 4.79 Å². The Hall–Kier alpha value is -0.810. The smallest absolute Gasteiger partial charge is 0.130 e. The summed E-state index contributed by atoms with van der Waals surface area (Å²) in [5.74, 6) is 0. The van der Waals surface area contributed by atoms with E-state index in [1.807, 2.05) is 6.08 Å². The van der Waals surface area contributed by atoms with Crippen LogP contribution in [0, 0.1) is 5.41 Å². The fourth-order valence-corrected chi connectivity index (χ4v) is 1.53. The molecule has 10 heavy (non-hydrogen) atoms. The minimum absolute atomic E-state index is 0.193. The highest BCUT2D eigenvalue weighted by Crippen LogP contribution is 2.36. The number of carbonyl (C=O) groups is 1. The lowest BCUT2D eigenvalue weighted by Gasteiger charge is -2.13. The van der Waals surface area contributed by atoms with Crippen LogP contribution < -0.4 is 0 Å². The molecule has 1 aliphatic rings. The lowest BCUT2D eigenvalue weighted by molar-refractivity contribution is -0.113. The molecule has 0 aliphatic heterocycles. The van der Waals surface area contributed by atoms with Gasteiger partial charge in [0.25, 0.3) is 0 Å². The third-order valence-corrected chi connectivity index (χ3v) is 2.16. The van der Waals surface area contributed by atoms with Crippen molar-refractivity contribution in [3.63, 3.8) is 0 Å². The van der Waals surface area contributed by atoms with Crippen molar-refractivity contribution in [3.05, 3.63) is 18.4 Å². The molecule has 0 bridgehead atoms. The van der Waals surface area contributed by atoms with Gasteiger partial charge >= 0.3 is 0 Å². The molecular weight excluding hydrogens is 124 g/mol. The summed E-state index contributed by atoms with van der Waals surface area (Å²) < 4.78 is 0. The SMILES string of the molecule is C=C=CC1(C=O)CCCC1. The fraction of sp³-hybridized carbons (Fsp3) is 0.556. The predicted octanol–water partition coefficient (Wildman–Crippen LogP) is 2.09. The largest absolute Gasteiger partial charge is 0.302 e. The van der Waals surface area contributed by atoms with Crippen LogP contribution in [0.25, 0.3) is 0 Å². The second-order valence-corrected chi connectivity index (χ2v) is 2.91. The van der Waals surface area contributed by atoms with Crippen LogP contribution in [0.15, 0.2) is 18.4 Å². The third-order valence-electron chi connectivity index (χ3n) is 2.16. The van der Waals surface area contributed by atoms with Gasteiger partial charge in [-0.05, 0) is 18.9 Å². The van der Waals surface area contributed by atoms with E-state index in [-0.39, 0.29) is 5.41 Å². The highest BCUT2D eigenvalue weighted by atomic mass is 16.1. The predicted molar refractivity (Wildman–Crippen MR) is 40.7 cm³/mol. The summed E-state index contributed by atoms with van der Waals surface area (Å²) in [4.78, 5) is 10.6. The second kappa shape index (κ2) is 2.85. The Morgan fingerprint density at radius 1 is 1.40 bits per heavy atom. The first-order chi connectivity index (χ1) is 4.83. The molecule has 0 saturated heterocycles. The van der Waals surface area contributed by atoms with Gasteiger partial charge in [-0.2, -0.15) is 0 Å². The van der Waals surface area contributed by atoms with Crippen molar-refractivity contribution in [1.82, 2.24) is 0 Å². The topological polar surface area (TPSA) is 17.1 Å². The maximum Gasteiger partial charge on any atom is 0.130 e. The van der Waals surface area contributed by atoms with Gasteiger partial charge in [0, 0.05) is 0 Å². The molecule has 0 aromatic carbocycles. The molecule has 0 aromatic rings. The number of allylic oxidation sites excluding steroid dienone is 1. The van der Waals surface area contributed by atoms with Crippen LogP contribution in [0.5, 0.6) is 0 Å². The molecule has 0 heterocycles. The van der Waals surface area contributed by atoms with Crippen molar-refractivity contribution in [1.29, 1.82) is 0 Å². The van der Waals surface area contributed by atoms with E-state index in [2.05, 4.69) is 12.3 Å². The molecule has 1 saturated carbocycles. The van der Waals surface area contributed by atoms with Crippen molar-refractivity contribution in [2.75, 3.05) is 0 Å². The summed E-state index contributed by atoms with van der Waals surface area (Å²) in [6.07, 6.45) is 7.15. The van der Waals surface area contributed by atoms with E-state index >= 15 is 0 Å². The zero-order valence-corrected chi connectivity index (χ0v) is 6.10. The molecule has 1 rings (SSSR count). The molecular formula is C9H12O. The lowest BCUT2D eigenvalue weighted by Crippen LogP contribution is -2.13. The van der Waals surface area contributed by atoms with Crippen molar-refractivity contribution >= 4 is 6.29 Å².